The summed E-state index contributed by atoms with van der Waals surface area (Å²) in [6.07, 6.45) is 1.47. The zero-order valence-electron chi connectivity index (χ0n) is 10.9. The molecule has 3 N–H and O–H groups in total. The van der Waals surface area contributed by atoms with Gasteiger partial charge in [0.05, 0.1) is 24.1 Å². The maximum Gasteiger partial charge on any atom is 0.259 e. The van der Waals surface area contributed by atoms with Gasteiger partial charge in [-0.25, -0.2) is 0 Å². The summed E-state index contributed by atoms with van der Waals surface area (Å²) in [4.78, 5) is 12.1. The number of aryl methyl sites for hydroxylation is 1. The third-order valence-corrected chi connectivity index (χ3v) is 2.89. The molecule has 0 radical (unpaired) electrons. The van der Waals surface area contributed by atoms with Crippen LogP contribution < -0.4 is 11.1 Å². The third kappa shape index (κ3) is 3.21. The fourth-order valence-electron chi connectivity index (χ4n) is 1.69. The normalized spacial score (nSPS) is 9.75. The Morgan fingerprint density at radius 3 is 2.90 bits per heavy atom. The molecule has 1 aromatic carbocycles. The highest BCUT2D eigenvalue weighted by molar-refractivity contribution is 6.31. The van der Waals surface area contributed by atoms with Crippen molar-refractivity contribution in [3.05, 3.63) is 52.4 Å². The molecule has 2 rings (SSSR count). The summed E-state index contributed by atoms with van der Waals surface area (Å²) in [5.74, 6) is 5.93. The SMILES string of the molecule is Cc1occc1C(=O)Nc1cc(Cl)ccc1C#CCN. The lowest BCUT2D eigenvalue weighted by atomic mass is 10.1. The molecule has 4 nitrogen and oxygen atoms in total. The molecule has 0 aliphatic rings. The Morgan fingerprint density at radius 2 is 2.25 bits per heavy atom. The van der Waals surface area contributed by atoms with Gasteiger partial charge in [-0.3, -0.25) is 4.79 Å². The molecule has 0 unspecified atom stereocenters. The molecular formula is C15H13ClN2O2. The van der Waals surface area contributed by atoms with Crippen molar-refractivity contribution < 1.29 is 9.21 Å². The van der Waals surface area contributed by atoms with Crippen molar-refractivity contribution in [1.82, 2.24) is 0 Å². The van der Waals surface area contributed by atoms with Crippen LogP contribution in [0.15, 0.2) is 34.9 Å². The average Bonchev–Trinajstić information content (AvgIpc) is 2.84. The van der Waals surface area contributed by atoms with E-state index in [1.165, 1.54) is 6.26 Å². The Hall–Kier alpha value is -2.22. The van der Waals surface area contributed by atoms with Gasteiger partial charge >= 0.3 is 0 Å². The Kier molecular flexibility index (Phi) is 4.46. The van der Waals surface area contributed by atoms with E-state index in [2.05, 4.69) is 17.2 Å². The first kappa shape index (κ1) is 14.2. The molecule has 2 aromatic rings. The van der Waals surface area contributed by atoms with Gasteiger partial charge in [-0.05, 0) is 31.2 Å². The van der Waals surface area contributed by atoms with Crippen LogP contribution in [0.1, 0.15) is 21.7 Å². The van der Waals surface area contributed by atoms with E-state index in [1.54, 1.807) is 31.2 Å². The molecule has 5 heteroatoms. The summed E-state index contributed by atoms with van der Waals surface area (Å²) in [7, 11) is 0. The fourth-order valence-corrected chi connectivity index (χ4v) is 1.86. The molecule has 102 valence electrons. The van der Waals surface area contributed by atoms with Gasteiger partial charge in [0.1, 0.15) is 5.76 Å². The molecule has 0 aliphatic carbocycles. The summed E-state index contributed by atoms with van der Waals surface area (Å²) < 4.78 is 5.11. The van der Waals surface area contributed by atoms with E-state index in [-0.39, 0.29) is 12.5 Å². The molecule has 0 bridgehead atoms. The van der Waals surface area contributed by atoms with Crippen molar-refractivity contribution in [2.24, 2.45) is 5.73 Å². The monoisotopic (exact) mass is 288 g/mol. The summed E-state index contributed by atoms with van der Waals surface area (Å²) in [5.41, 5.74) is 7.04. The van der Waals surface area contributed by atoms with Crippen molar-refractivity contribution >= 4 is 23.2 Å². The molecule has 0 saturated carbocycles. The van der Waals surface area contributed by atoms with Crippen LogP contribution >= 0.6 is 11.6 Å². The minimum atomic E-state index is -0.269. The predicted molar refractivity (Wildman–Crippen MR) is 78.8 cm³/mol. The van der Waals surface area contributed by atoms with Crippen molar-refractivity contribution in [2.75, 3.05) is 11.9 Å². The number of hydrogen-bond acceptors (Lipinski definition) is 3. The van der Waals surface area contributed by atoms with Gasteiger partial charge in [0, 0.05) is 10.6 Å². The summed E-state index contributed by atoms with van der Waals surface area (Å²) in [5, 5.41) is 3.29. The van der Waals surface area contributed by atoms with Gasteiger partial charge < -0.3 is 15.5 Å². The molecule has 0 fully saturated rings. The molecule has 1 heterocycles. The van der Waals surface area contributed by atoms with Crippen LogP contribution in [0.5, 0.6) is 0 Å². The maximum absolute atomic E-state index is 12.1. The van der Waals surface area contributed by atoms with Crippen LogP contribution in [-0.2, 0) is 0 Å². The van der Waals surface area contributed by atoms with E-state index in [4.69, 9.17) is 21.8 Å². The summed E-state index contributed by atoms with van der Waals surface area (Å²) in [6.45, 7) is 1.97. The smallest absolute Gasteiger partial charge is 0.259 e. The number of carbonyl (C=O) groups excluding carboxylic acids is 1. The van der Waals surface area contributed by atoms with E-state index in [0.717, 1.165) is 0 Å². The molecule has 0 atom stereocenters. The van der Waals surface area contributed by atoms with Gasteiger partial charge in [0.2, 0.25) is 0 Å². The fraction of sp³-hybridized carbons (Fsp3) is 0.133. The first-order valence-electron chi connectivity index (χ1n) is 5.95. The number of nitrogens with two attached hydrogens (primary N) is 1. The van der Waals surface area contributed by atoms with Crippen molar-refractivity contribution in [2.45, 2.75) is 6.92 Å². The number of furan rings is 1. The lowest BCUT2D eigenvalue weighted by molar-refractivity contribution is 0.102. The quantitative estimate of drug-likeness (QED) is 0.835. The summed E-state index contributed by atoms with van der Waals surface area (Å²) >= 11 is 5.95. The Bertz CT molecular complexity index is 695. The highest BCUT2D eigenvalue weighted by atomic mass is 35.5. The number of carbonyl (C=O) groups is 1. The highest BCUT2D eigenvalue weighted by Gasteiger charge is 2.13. The van der Waals surface area contributed by atoms with Crippen LogP contribution in [0.25, 0.3) is 0 Å². The first-order valence-corrected chi connectivity index (χ1v) is 6.33. The van der Waals surface area contributed by atoms with E-state index < -0.39 is 0 Å². The van der Waals surface area contributed by atoms with Gasteiger partial charge in [-0.1, -0.05) is 23.4 Å². The molecule has 1 aromatic heterocycles. The van der Waals surface area contributed by atoms with E-state index in [9.17, 15) is 4.79 Å². The molecule has 0 saturated heterocycles. The lowest BCUT2D eigenvalue weighted by Crippen LogP contribution is -2.13. The van der Waals surface area contributed by atoms with Crippen LogP contribution in [-0.4, -0.2) is 12.5 Å². The second kappa shape index (κ2) is 6.29. The number of benzene rings is 1. The van der Waals surface area contributed by atoms with Crippen LogP contribution in [0.2, 0.25) is 5.02 Å². The standard InChI is InChI=1S/C15H13ClN2O2/c1-10-13(6-8-20-10)15(19)18-14-9-12(16)5-4-11(14)3-2-7-17/h4-6,8-9H,7,17H2,1H3,(H,18,19). The molecule has 0 spiro atoms. The van der Waals surface area contributed by atoms with Crippen molar-refractivity contribution in [3.8, 4) is 11.8 Å². The molecule has 1 amide bonds. The van der Waals surface area contributed by atoms with Crippen molar-refractivity contribution in [3.63, 3.8) is 0 Å². The largest absolute Gasteiger partial charge is 0.469 e. The predicted octanol–water partition coefficient (Wildman–Crippen LogP) is 2.80. The maximum atomic E-state index is 12.1. The second-order valence-electron chi connectivity index (χ2n) is 4.04. The minimum Gasteiger partial charge on any atom is -0.469 e. The number of anilines is 1. The van der Waals surface area contributed by atoms with Gasteiger partial charge in [0.15, 0.2) is 0 Å². The van der Waals surface area contributed by atoms with E-state index in [0.29, 0.717) is 27.6 Å². The number of amides is 1. The van der Waals surface area contributed by atoms with Gasteiger partial charge in [-0.15, -0.1) is 0 Å². The summed E-state index contributed by atoms with van der Waals surface area (Å²) in [6, 6.07) is 6.71. The van der Waals surface area contributed by atoms with Crippen molar-refractivity contribution in [1.29, 1.82) is 0 Å². The topological polar surface area (TPSA) is 68.3 Å². The van der Waals surface area contributed by atoms with E-state index >= 15 is 0 Å². The zero-order valence-corrected chi connectivity index (χ0v) is 11.6. The van der Waals surface area contributed by atoms with Crippen LogP contribution in [0, 0.1) is 18.8 Å². The first-order chi connectivity index (χ1) is 9.61. The zero-order chi connectivity index (χ0) is 14.5. The Morgan fingerprint density at radius 1 is 1.45 bits per heavy atom. The number of halogens is 1. The van der Waals surface area contributed by atoms with E-state index in [1.807, 2.05) is 0 Å². The van der Waals surface area contributed by atoms with Gasteiger partial charge in [-0.2, -0.15) is 0 Å². The second-order valence-corrected chi connectivity index (χ2v) is 4.48. The number of nitrogens with one attached hydrogen (secondary N) is 1. The molecule has 0 aliphatic heterocycles. The average molecular weight is 289 g/mol. The molecular weight excluding hydrogens is 276 g/mol. The minimum absolute atomic E-state index is 0.247. The Labute approximate surface area is 121 Å². The van der Waals surface area contributed by atoms with Crippen LogP contribution in [0.4, 0.5) is 5.69 Å². The third-order valence-electron chi connectivity index (χ3n) is 2.66. The van der Waals surface area contributed by atoms with Crippen LogP contribution in [0.3, 0.4) is 0 Å². The highest BCUT2D eigenvalue weighted by Crippen LogP contribution is 2.21. The lowest BCUT2D eigenvalue weighted by Gasteiger charge is -2.07. The number of rotatable bonds is 2. The molecule has 20 heavy (non-hydrogen) atoms. The number of hydrogen-bond donors (Lipinski definition) is 2. The Balaban J connectivity index is 2.31. The van der Waals surface area contributed by atoms with Gasteiger partial charge in [0.25, 0.3) is 5.91 Å².